The summed E-state index contributed by atoms with van der Waals surface area (Å²) in [5.41, 5.74) is -2.00. The first-order valence-electron chi connectivity index (χ1n) is 6.64. The number of hydrogen-bond donors (Lipinski definition) is 2. The molecule has 0 heterocycles. The molecule has 26 heavy (non-hydrogen) atoms. The van der Waals surface area contributed by atoms with Gasteiger partial charge in [-0.25, -0.2) is 18.4 Å². The molecule has 0 aliphatic heterocycles. The van der Waals surface area contributed by atoms with Gasteiger partial charge in [0.25, 0.3) is 12.9 Å². The number of rotatable bonds is 7. The van der Waals surface area contributed by atoms with Crippen molar-refractivity contribution in [3.05, 3.63) is 47.0 Å². The molecule has 2 rings (SSSR count). The van der Waals surface area contributed by atoms with Crippen LogP contribution in [-0.4, -0.2) is 35.1 Å². The van der Waals surface area contributed by atoms with E-state index >= 15 is 0 Å². The summed E-state index contributed by atoms with van der Waals surface area (Å²) in [6.07, 6.45) is 0. The van der Waals surface area contributed by atoms with Gasteiger partial charge in [0.15, 0.2) is 23.1 Å². The van der Waals surface area contributed by atoms with E-state index in [9.17, 15) is 28.0 Å². The van der Waals surface area contributed by atoms with Crippen LogP contribution < -0.4 is 9.47 Å². The Morgan fingerprint density at radius 3 is 1.38 bits per heavy atom. The van der Waals surface area contributed by atoms with E-state index in [0.717, 1.165) is 24.3 Å². The minimum Gasteiger partial charge on any atom is -0.478 e. The Balaban J connectivity index is 2.78. The Labute approximate surface area is 143 Å². The van der Waals surface area contributed by atoms with Crippen LogP contribution in [0.25, 0.3) is 11.1 Å². The number of carboxylic acid groups (broad SMARTS) is 2. The van der Waals surface area contributed by atoms with Crippen molar-refractivity contribution < 1.29 is 47.6 Å². The Bertz CT molecular complexity index is 847. The van der Waals surface area contributed by atoms with Crippen LogP contribution in [0.2, 0.25) is 0 Å². The van der Waals surface area contributed by atoms with Crippen molar-refractivity contribution >= 4 is 24.9 Å². The second-order valence-electron chi connectivity index (χ2n) is 4.71. The summed E-state index contributed by atoms with van der Waals surface area (Å²) >= 11 is 0. The fraction of sp³-hybridized carbons (Fsp3) is 0. The zero-order valence-corrected chi connectivity index (χ0v) is 12.6. The molecule has 2 aromatic carbocycles. The maximum absolute atomic E-state index is 14.0. The minimum absolute atomic E-state index is 0.126. The van der Waals surface area contributed by atoms with E-state index in [4.69, 9.17) is 10.2 Å². The lowest BCUT2D eigenvalue weighted by Crippen LogP contribution is -2.06. The van der Waals surface area contributed by atoms with E-state index < -0.39 is 46.2 Å². The van der Waals surface area contributed by atoms with E-state index in [1.807, 2.05) is 0 Å². The molecule has 0 amide bonds. The van der Waals surface area contributed by atoms with Gasteiger partial charge in [-0.05, 0) is 35.4 Å². The molecule has 0 atom stereocenters. The van der Waals surface area contributed by atoms with Crippen LogP contribution in [0.15, 0.2) is 24.3 Å². The van der Waals surface area contributed by atoms with Crippen molar-refractivity contribution in [3.63, 3.8) is 0 Å². The Morgan fingerprint density at radius 1 is 0.769 bits per heavy atom. The quantitative estimate of drug-likeness (QED) is 0.713. The summed E-state index contributed by atoms with van der Waals surface area (Å²) < 4.78 is 36.7. The second-order valence-corrected chi connectivity index (χ2v) is 4.71. The van der Waals surface area contributed by atoms with Gasteiger partial charge in [-0.1, -0.05) is 0 Å². The van der Waals surface area contributed by atoms with Crippen molar-refractivity contribution in [2.45, 2.75) is 0 Å². The van der Waals surface area contributed by atoms with Gasteiger partial charge in [-0.2, -0.15) is 0 Å². The third kappa shape index (κ3) is 3.48. The van der Waals surface area contributed by atoms with Crippen molar-refractivity contribution in [1.29, 1.82) is 0 Å². The van der Waals surface area contributed by atoms with Crippen LogP contribution >= 0.6 is 0 Å². The first-order chi connectivity index (χ1) is 12.3. The van der Waals surface area contributed by atoms with E-state index in [2.05, 4.69) is 9.47 Å². The van der Waals surface area contributed by atoms with Crippen molar-refractivity contribution in [3.8, 4) is 22.6 Å². The molecule has 0 aromatic heterocycles. The average Bonchev–Trinajstić information content (AvgIpc) is 2.58. The molecule has 0 aliphatic carbocycles. The average molecular weight is 366 g/mol. The van der Waals surface area contributed by atoms with Crippen molar-refractivity contribution in [2.24, 2.45) is 0 Å². The fourth-order valence-corrected chi connectivity index (χ4v) is 2.12. The maximum Gasteiger partial charge on any atom is 0.338 e. The topological polar surface area (TPSA) is 127 Å². The summed E-state index contributed by atoms with van der Waals surface area (Å²) in [5.74, 6) is -7.53. The summed E-state index contributed by atoms with van der Waals surface area (Å²) in [5, 5.41) is 18.1. The van der Waals surface area contributed by atoms with Gasteiger partial charge in [-0.15, -0.1) is 0 Å². The summed E-state index contributed by atoms with van der Waals surface area (Å²) in [6.45, 7) is -0.274. The molecule has 134 valence electrons. The van der Waals surface area contributed by atoms with E-state index in [-0.39, 0.29) is 24.1 Å². The van der Waals surface area contributed by atoms with Crippen molar-refractivity contribution in [2.75, 3.05) is 0 Å². The van der Waals surface area contributed by atoms with Crippen LogP contribution in [0.3, 0.4) is 0 Å². The Morgan fingerprint density at radius 2 is 1.12 bits per heavy atom. The number of aromatic carboxylic acids is 2. The van der Waals surface area contributed by atoms with Crippen LogP contribution in [-0.2, 0) is 9.59 Å². The number of hydrogen-bond acceptors (Lipinski definition) is 6. The van der Waals surface area contributed by atoms with E-state index in [1.165, 1.54) is 0 Å². The number of carbonyl (C=O) groups excluding carboxylic acids is 2. The highest BCUT2D eigenvalue weighted by molar-refractivity contribution is 5.93. The number of ether oxygens (including phenoxy) is 2. The molecule has 0 fully saturated rings. The molecule has 2 N–H and O–H groups in total. The van der Waals surface area contributed by atoms with Gasteiger partial charge >= 0.3 is 11.9 Å². The van der Waals surface area contributed by atoms with E-state index in [1.54, 1.807) is 0 Å². The van der Waals surface area contributed by atoms with Gasteiger partial charge in [-0.3, -0.25) is 9.59 Å². The molecule has 0 aliphatic rings. The highest BCUT2D eigenvalue weighted by atomic mass is 19.1. The normalized spacial score (nSPS) is 10.1. The van der Waals surface area contributed by atoms with Gasteiger partial charge < -0.3 is 19.7 Å². The van der Waals surface area contributed by atoms with Crippen molar-refractivity contribution in [1.82, 2.24) is 0 Å². The highest BCUT2D eigenvalue weighted by Gasteiger charge is 2.22. The molecule has 0 spiro atoms. The lowest BCUT2D eigenvalue weighted by atomic mass is 9.99. The third-order valence-corrected chi connectivity index (χ3v) is 3.22. The summed E-state index contributed by atoms with van der Waals surface area (Å²) in [4.78, 5) is 43.2. The van der Waals surface area contributed by atoms with E-state index in [0.29, 0.717) is 0 Å². The number of benzene rings is 2. The second kappa shape index (κ2) is 7.38. The molecule has 8 nitrogen and oxygen atoms in total. The van der Waals surface area contributed by atoms with Crippen LogP contribution in [0, 0.1) is 11.6 Å². The zero-order chi connectivity index (χ0) is 19.4. The predicted octanol–water partition coefficient (Wildman–Crippen LogP) is 2.10. The number of halogens is 2. The lowest BCUT2D eigenvalue weighted by molar-refractivity contribution is -0.121. The fourth-order valence-electron chi connectivity index (χ4n) is 2.12. The van der Waals surface area contributed by atoms with Gasteiger partial charge in [0, 0.05) is 0 Å². The first kappa shape index (κ1) is 18.5. The third-order valence-electron chi connectivity index (χ3n) is 3.22. The molecule has 0 unspecified atom stereocenters. The molecule has 0 radical (unpaired) electrons. The Kier molecular flexibility index (Phi) is 5.26. The summed E-state index contributed by atoms with van der Waals surface area (Å²) in [7, 11) is 0. The number of carbonyl (C=O) groups is 4. The predicted molar refractivity (Wildman–Crippen MR) is 79.1 cm³/mol. The van der Waals surface area contributed by atoms with Gasteiger partial charge in [0.1, 0.15) is 0 Å². The zero-order valence-electron chi connectivity index (χ0n) is 12.6. The first-order valence-corrected chi connectivity index (χ1v) is 6.64. The molecule has 0 bridgehead atoms. The monoisotopic (exact) mass is 366 g/mol. The highest BCUT2D eigenvalue weighted by Crippen LogP contribution is 2.34. The summed E-state index contributed by atoms with van der Waals surface area (Å²) in [6, 6.07) is 3.44. The largest absolute Gasteiger partial charge is 0.478 e. The van der Waals surface area contributed by atoms with Crippen LogP contribution in [0.1, 0.15) is 20.7 Å². The van der Waals surface area contributed by atoms with Crippen LogP contribution in [0.4, 0.5) is 8.78 Å². The number of carboxylic acids is 2. The molecule has 10 heteroatoms. The minimum atomic E-state index is -1.69. The molecular formula is C16H8F2O8. The SMILES string of the molecule is O=COc1cc(-c2cc(OC=O)c(F)c(C(=O)O)c2)cc(C(=O)O)c1F. The van der Waals surface area contributed by atoms with Crippen LogP contribution in [0.5, 0.6) is 11.5 Å². The molecular weight excluding hydrogens is 358 g/mol. The lowest BCUT2D eigenvalue weighted by Gasteiger charge is -2.11. The molecule has 2 aromatic rings. The van der Waals surface area contributed by atoms with Gasteiger partial charge in [0.05, 0.1) is 11.1 Å². The standard InChI is InChI=1S/C16H8F2O8/c17-13-9(15(21)22)1-7(3-11(13)25-5-19)8-2-10(16(23)24)14(18)12(4-8)26-6-20/h1-6H,(H,21,22)(H,23,24). The van der Waals surface area contributed by atoms with Gasteiger partial charge in [0.2, 0.25) is 0 Å². The molecule has 0 saturated heterocycles. The Hall–Kier alpha value is -3.82. The smallest absolute Gasteiger partial charge is 0.338 e. The molecule has 0 saturated carbocycles. The maximum atomic E-state index is 14.0.